The van der Waals surface area contributed by atoms with E-state index in [4.69, 9.17) is 10.5 Å². The number of esters is 1. The highest BCUT2D eigenvalue weighted by atomic mass is 32.2. The number of nitro groups is 1. The molecule has 2 aromatic rings. The SMILES string of the molecule is C=C1CS[C@H]2C(NC(=O)C(N)c3ccccc3)C(=O)N2C1C(=O)OCc1ccc([N+](=O)[O-])cc1. The van der Waals surface area contributed by atoms with Gasteiger partial charge in [0.05, 0.1) is 4.92 Å². The maximum Gasteiger partial charge on any atom is 0.333 e. The molecule has 2 aliphatic rings. The number of hydrogen-bond acceptors (Lipinski definition) is 8. The van der Waals surface area contributed by atoms with E-state index < -0.39 is 46.2 Å². The van der Waals surface area contributed by atoms with Crippen LogP contribution in [0.3, 0.4) is 0 Å². The monoisotopic (exact) mass is 482 g/mol. The van der Waals surface area contributed by atoms with Gasteiger partial charge < -0.3 is 20.7 Å². The summed E-state index contributed by atoms with van der Waals surface area (Å²) in [6.07, 6.45) is 0. The zero-order chi connectivity index (χ0) is 24.4. The van der Waals surface area contributed by atoms with Gasteiger partial charge in [-0.2, -0.15) is 0 Å². The predicted octanol–water partition coefficient (Wildman–Crippen LogP) is 1.66. The number of nitrogens with two attached hydrogens (primary N) is 1. The third-order valence-electron chi connectivity index (χ3n) is 5.67. The van der Waals surface area contributed by atoms with Gasteiger partial charge in [-0.1, -0.05) is 36.9 Å². The minimum atomic E-state index is -0.965. The first-order valence-electron chi connectivity index (χ1n) is 10.4. The summed E-state index contributed by atoms with van der Waals surface area (Å²) in [5, 5.41) is 13.0. The first-order valence-corrected chi connectivity index (χ1v) is 11.4. The van der Waals surface area contributed by atoms with Crippen molar-refractivity contribution in [2.75, 3.05) is 5.75 Å². The van der Waals surface area contributed by atoms with Gasteiger partial charge in [-0.15, -0.1) is 11.8 Å². The molecule has 2 amide bonds. The Morgan fingerprint density at radius 1 is 1.24 bits per heavy atom. The number of amides is 2. The van der Waals surface area contributed by atoms with Crippen molar-refractivity contribution in [3.8, 4) is 0 Å². The van der Waals surface area contributed by atoms with Crippen molar-refractivity contribution in [1.29, 1.82) is 0 Å². The number of thioether (sulfide) groups is 1. The Morgan fingerprint density at radius 2 is 1.91 bits per heavy atom. The molecule has 2 heterocycles. The summed E-state index contributed by atoms with van der Waals surface area (Å²) in [4.78, 5) is 49.9. The third-order valence-corrected chi connectivity index (χ3v) is 7.05. The number of nitrogens with zero attached hydrogens (tertiary/aromatic N) is 2. The van der Waals surface area contributed by atoms with Gasteiger partial charge in [0.25, 0.3) is 5.69 Å². The quantitative estimate of drug-likeness (QED) is 0.199. The van der Waals surface area contributed by atoms with Crippen LogP contribution in [-0.4, -0.2) is 50.8 Å². The Kier molecular flexibility index (Phi) is 6.66. The Morgan fingerprint density at radius 3 is 2.56 bits per heavy atom. The zero-order valence-electron chi connectivity index (χ0n) is 18.0. The van der Waals surface area contributed by atoms with Crippen LogP contribution >= 0.6 is 11.8 Å². The Balaban J connectivity index is 1.38. The molecule has 2 fully saturated rings. The molecule has 0 bridgehead atoms. The molecule has 0 aliphatic carbocycles. The molecule has 10 nitrogen and oxygen atoms in total. The predicted molar refractivity (Wildman–Crippen MR) is 124 cm³/mol. The van der Waals surface area contributed by atoms with Gasteiger partial charge in [0, 0.05) is 17.9 Å². The van der Waals surface area contributed by atoms with E-state index in [0.717, 1.165) is 0 Å². The molecule has 2 saturated heterocycles. The van der Waals surface area contributed by atoms with Gasteiger partial charge in [0.15, 0.2) is 6.04 Å². The standard InChI is InChI=1S/C23H22N4O6S/c1-13-12-34-22-18(25-20(28)17(24)15-5-3-2-4-6-15)21(29)26(22)19(13)23(30)33-11-14-7-9-16(10-8-14)27(31)32/h2-10,17-19,22H,1,11-12,24H2,(H,25,28)/t17?,18?,19?,22-/m0/s1. The molecule has 2 aliphatic heterocycles. The first-order chi connectivity index (χ1) is 16.3. The molecule has 3 unspecified atom stereocenters. The average molecular weight is 483 g/mol. The lowest BCUT2D eigenvalue weighted by Gasteiger charge is -2.52. The van der Waals surface area contributed by atoms with Crippen molar-refractivity contribution in [3.05, 3.63) is 88.0 Å². The summed E-state index contributed by atoms with van der Waals surface area (Å²) in [6, 6.07) is 11.8. The average Bonchev–Trinajstić information content (AvgIpc) is 2.85. The van der Waals surface area contributed by atoms with Gasteiger partial charge in [-0.05, 0) is 28.8 Å². The molecular weight excluding hydrogens is 460 g/mol. The van der Waals surface area contributed by atoms with Crippen molar-refractivity contribution < 1.29 is 24.0 Å². The topological polar surface area (TPSA) is 145 Å². The van der Waals surface area contributed by atoms with Crippen molar-refractivity contribution in [1.82, 2.24) is 10.2 Å². The fourth-order valence-electron chi connectivity index (χ4n) is 3.82. The summed E-state index contributed by atoms with van der Waals surface area (Å²) in [6.45, 7) is 3.81. The van der Waals surface area contributed by atoms with E-state index in [1.54, 1.807) is 24.3 Å². The molecule has 176 valence electrons. The number of carbonyl (C=O) groups excluding carboxylic acids is 3. The van der Waals surface area contributed by atoms with Crippen LogP contribution in [0, 0.1) is 10.1 Å². The van der Waals surface area contributed by atoms with Crippen LogP contribution in [0.25, 0.3) is 0 Å². The van der Waals surface area contributed by atoms with Crippen molar-refractivity contribution >= 4 is 35.2 Å². The fraction of sp³-hybridized carbons (Fsp3) is 0.261. The maximum absolute atomic E-state index is 12.9. The Hall–Kier alpha value is -3.70. The number of nitrogens with one attached hydrogen (secondary N) is 1. The highest BCUT2D eigenvalue weighted by molar-refractivity contribution is 8.00. The van der Waals surface area contributed by atoms with Crippen LogP contribution in [0.1, 0.15) is 17.2 Å². The molecule has 0 aromatic heterocycles. The number of nitro benzene ring substituents is 1. The van der Waals surface area contributed by atoms with Gasteiger partial charge >= 0.3 is 5.97 Å². The molecule has 34 heavy (non-hydrogen) atoms. The van der Waals surface area contributed by atoms with Crippen LogP contribution in [0.5, 0.6) is 0 Å². The number of carbonyl (C=O) groups is 3. The second kappa shape index (κ2) is 9.65. The number of hydrogen-bond donors (Lipinski definition) is 2. The van der Waals surface area contributed by atoms with E-state index in [1.165, 1.54) is 40.9 Å². The molecule has 0 radical (unpaired) electrons. The van der Waals surface area contributed by atoms with Gasteiger partial charge in [-0.25, -0.2) is 4.79 Å². The lowest BCUT2D eigenvalue weighted by atomic mass is 9.98. The second-order valence-electron chi connectivity index (χ2n) is 7.91. The van der Waals surface area contributed by atoms with Crippen LogP contribution in [-0.2, 0) is 25.7 Å². The van der Waals surface area contributed by atoms with Crippen LogP contribution in [0.15, 0.2) is 66.7 Å². The first kappa shape index (κ1) is 23.5. The van der Waals surface area contributed by atoms with E-state index >= 15 is 0 Å². The largest absolute Gasteiger partial charge is 0.459 e. The number of benzene rings is 2. The normalized spacial score (nSPS) is 22.3. The van der Waals surface area contributed by atoms with Crippen LogP contribution in [0.4, 0.5) is 5.69 Å². The molecular formula is C23H22N4O6S. The summed E-state index contributed by atoms with van der Waals surface area (Å²) in [5.41, 5.74) is 7.68. The molecule has 0 saturated carbocycles. The van der Waals surface area contributed by atoms with E-state index in [9.17, 15) is 24.5 Å². The molecule has 4 atom stereocenters. The number of β-lactam (4-membered cyclic amide) rings is 1. The van der Waals surface area contributed by atoms with Gasteiger partial charge in [0.2, 0.25) is 11.8 Å². The summed E-state index contributed by atoms with van der Waals surface area (Å²) in [5.74, 6) is -1.12. The Bertz CT molecular complexity index is 1140. The maximum atomic E-state index is 12.9. The number of fused-ring (bicyclic) bond motifs is 1. The summed E-state index contributed by atoms with van der Waals surface area (Å²) < 4.78 is 5.37. The molecule has 2 aromatic carbocycles. The van der Waals surface area contributed by atoms with Gasteiger partial charge in [-0.3, -0.25) is 19.7 Å². The number of rotatable bonds is 7. The van der Waals surface area contributed by atoms with Crippen LogP contribution in [0.2, 0.25) is 0 Å². The van der Waals surface area contributed by atoms with Gasteiger partial charge in [0.1, 0.15) is 24.1 Å². The molecule has 0 spiro atoms. The zero-order valence-corrected chi connectivity index (χ0v) is 18.8. The van der Waals surface area contributed by atoms with Crippen LogP contribution < -0.4 is 11.1 Å². The van der Waals surface area contributed by atoms with Crippen molar-refractivity contribution in [2.45, 2.75) is 30.1 Å². The third kappa shape index (κ3) is 4.52. The van der Waals surface area contributed by atoms with Crippen molar-refractivity contribution in [3.63, 3.8) is 0 Å². The minimum Gasteiger partial charge on any atom is -0.459 e. The van der Waals surface area contributed by atoms with Crippen molar-refractivity contribution in [2.24, 2.45) is 5.73 Å². The Labute approximate surface area is 199 Å². The van der Waals surface area contributed by atoms with E-state index in [-0.39, 0.29) is 12.3 Å². The molecule has 11 heteroatoms. The van der Waals surface area contributed by atoms with E-state index in [0.29, 0.717) is 22.5 Å². The highest BCUT2D eigenvalue weighted by Crippen LogP contribution is 2.40. The fourth-order valence-corrected chi connectivity index (χ4v) is 5.13. The van der Waals surface area contributed by atoms with E-state index in [1.807, 2.05) is 6.07 Å². The summed E-state index contributed by atoms with van der Waals surface area (Å²) >= 11 is 1.40. The lowest BCUT2D eigenvalue weighted by molar-refractivity contribution is -0.384. The smallest absolute Gasteiger partial charge is 0.333 e. The molecule has 4 rings (SSSR count). The lowest BCUT2D eigenvalue weighted by Crippen LogP contribution is -2.75. The van der Waals surface area contributed by atoms with E-state index in [2.05, 4.69) is 11.9 Å². The number of ether oxygens (including phenoxy) is 1. The molecule has 3 N–H and O–H groups in total. The summed E-state index contributed by atoms with van der Waals surface area (Å²) in [7, 11) is 0. The highest BCUT2D eigenvalue weighted by Gasteiger charge is 2.56. The second-order valence-corrected chi connectivity index (χ2v) is 9.02. The minimum absolute atomic E-state index is 0.0677. The number of non-ortho nitro benzene ring substituents is 1.